The normalized spacial score (nSPS) is 22.4. The summed E-state index contributed by atoms with van der Waals surface area (Å²) in [6.07, 6.45) is -3.46. The minimum absolute atomic E-state index is 0.134. The highest BCUT2D eigenvalue weighted by molar-refractivity contribution is 5.90. The maximum atomic E-state index is 14.7. The Kier molecular flexibility index (Phi) is 6.05. The van der Waals surface area contributed by atoms with E-state index >= 15 is 0 Å². The van der Waals surface area contributed by atoms with Crippen LogP contribution in [0.1, 0.15) is 61.2 Å². The summed E-state index contributed by atoms with van der Waals surface area (Å²) in [6.45, 7) is 3.24. The Morgan fingerprint density at radius 2 is 1.82 bits per heavy atom. The van der Waals surface area contributed by atoms with E-state index in [-0.39, 0.29) is 5.56 Å². The molecule has 0 aliphatic heterocycles. The highest BCUT2D eigenvalue weighted by Gasteiger charge is 2.36. The van der Waals surface area contributed by atoms with Gasteiger partial charge in [0.2, 0.25) is 0 Å². The molecule has 1 atom stereocenters. The van der Waals surface area contributed by atoms with E-state index in [0.717, 1.165) is 0 Å². The number of hydrogen-bond donors (Lipinski definition) is 3. The van der Waals surface area contributed by atoms with Crippen molar-refractivity contribution in [2.45, 2.75) is 63.5 Å². The molecule has 1 heterocycles. The number of rotatable bonds is 4. The number of alkyl halides is 3. The zero-order valence-electron chi connectivity index (χ0n) is 18.2. The van der Waals surface area contributed by atoms with Crippen molar-refractivity contribution in [3.05, 3.63) is 64.7 Å². The van der Waals surface area contributed by atoms with Gasteiger partial charge in [-0.15, -0.1) is 0 Å². The highest BCUT2D eigenvalue weighted by atomic mass is 19.4. The topological polar surface area (TPSA) is 78.3 Å². The number of fused-ring (bicyclic) bond motifs is 1. The van der Waals surface area contributed by atoms with Gasteiger partial charge >= 0.3 is 6.18 Å². The van der Waals surface area contributed by atoms with Crippen molar-refractivity contribution in [2.75, 3.05) is 5.32 Å². The van der Waals surface area contributed by atoms with Crippen LogP contribution in [0.4, 0.5) is 23.4 Å². The number of benzene rings is 2. The number of aryl methyl sites for hydroxylation is 1. The lowest BCUT2D eigenvalue weighted by Gasteiger charge is -2.35. The van der Waals surface area contributed by atoms with Crippen molar-refractivity contribution in [3.8, 4) is 0 Å². The van der Waals surface area contributed by atoms with Crippen LogP contribution in [0.25, 0.3) is 10.9 Å². The van der Waals surface area contributed by atoms with Crippen LogP contribution in [0.15, 0.2) is 36.4 Å². The smallest absolute Gasteiger partial charge is 0.393 e. The molecule has 2 aromatic carbocycles. The lowest BCUT2D eigenvalue weighted by atomic mass is 9.78. The predicted molar refractivity (Wildman–Crippen MR) is 116 cm³/mol. The molecule has 1 aromatic heterocycles. The van der Waals surface area contributed by atoms with Crippen molar-refractivity contribution in [3.63, 3.8) is 0 Å². The van der Waals surface area contributed by atoms with Gasteiger partial charge < -0.3 is 15.5 Å². The molecule has 0 spiro atoms. The van der Waals surface area contributed by atoms with Crippen LogP contribution in [0.5, 0.6) is 0 Å². The fourth-order valence-corrected chi connectivity index (χ4v) is 4.40. The zero-order valence-corrected chi connectivity index (χ0v) is 18.2. The van der Waals surface area contributed by atoms with Gasteiger partial charge in [-0.1, -0.05) is 18.2 Å². The van der Waals surface area contributed by atoms with Gasteiger partial charge in [-0.2, -0.15) is 13.2 Å². The van der Waals surface area contributed by atoms with Gasteiger partial charge in [-0.05, 0) is 63.3 Å². The van der Waals surface area contributed by atoms with E-state index in [1.165, 1.54) is 12.1 Å². The molecule has 0 unspecified atom stereocenters. The summed E-state index contributed by atoms with van der Waals surface area (Å²) >= 11 is 0. The molecular weight excluding hydrogens is 438 g/mol. The molecule has 1 fully saturated rings. The molecule has 4 rings (SSSR count). The fourth-order valence-electron chi connectivity index (χ4n) is 4.40. The SMILES string of the molecule is Cc1nc(N[C@H](C)c2cccc(C(F)(F)F)c2F)c2cc(C3(O)CCC(O)CC3)ccc2n1. The van der Waals surface area contributed by atoms with E-state index in [9.17, 15) is 27.8 Å². The minimum atomic E-state index is -4.80. The first-order valence-electron chi connectivity index (χ1n) is 10.8. The number of halogens is 4. The Bertz CT molecular complexity index is 1170. The third kappa shape index (κ3) is 4.65. The Hall–Kier alpha value is -2.78. The molecule has 1 aliphatic carbocycles. The number of anilines is 1. The van der Waals surface area contributed by atoms with E-state index in [1.807, 2.05) is 0 Å². The van der Waals surface area contributed by atoms with Crippen LogP contribution in [-0.4, -0.2) is 26.3 Å². The number of hydrogen-bond acceptors (Lipinski definition) is 5. The number of aliphatic hydroxyl groups is 2. The third-order valence-electron chi connectivity index (χ3n) is 6.28. The predicted octanol–water partition coefficient (Wildman–Crippen LogP) is 5.39. The largest absolute Gasteiger partial charge is 0.419 e. The monoisotopic (exact) mass is 463 g/mol. The van der Waals surface area contributed by atoms with Gasteiger partial charge in [0.05, 0.1) is 28.8 Å². The summed E-state index contributed by atoms with van der Waals surface area (Å²) in [5, 5.41) is 24.5. The summed E-state index contributed by atoms with van der Waals surface area (Å²) in [5.74, 6) is -0.548. The first kappa shape index (κ1) is 23.4. The Morgan fingerprint density at radius 1 is 1.12 bits per heavy atom. The molecule has 1 aliphatic rings. The van der Waals surface area contributed by atoms with Gasteiger partial charge in [0, 0.05) is 10.9 Å². The van der Waals surface area contributed by atoms with Crippen molar-refractivity contribution in [1.82, 2.24) is 9.97 Å². The molecule has 3 aromatic rings. The molecule has 33 heavy (non-hydrogen) atoms. The second-order valence-electron chi connectivity index (χ2n) is 8.69. The summed E-state index contributed by atoms with van der Waals surface area (Å²) in [4.78, 5) is 8.81. The molecule has 0 radical (unpaired) electrons. The van der Waals surface area contributed by atoms with Crippen LogP contribution >= 0.6 is 0 Å². The summed E-state index contributed by atoms with van der Waals surface area (Å²) in [5.41, 5.74) is -1.32. The molecule has 0 amide bonds. The molecular formula is C24H25F4N3O2. The zero-order chi connectivity index (χ0) is 24.0. The first-order chi connectivity index (χ1) is 15.5. The van der Waals surface area contributed by atoms with Crippen LogP contribution in [0, 0.1) is 12.7 Å². The summed E-state index contributed by atoms with van der Waals surface area (Å²) in [7, 11) is 0. The molecule has 3 N–H and O–H groups in total. The third-order valence-corrected chi connectivity index (χ3v) is 6.28. The van der Waals surface area contributed by atoms with Gasteiger partial charge in [-0.25, -0.2) is 14.4 Å². The minimum Gasteiger partial charge on any atom is -0.393 e. The standard InChI is InChI=1S/C24H25F4N3O2/c1-13(17-4-3-5-19(21(17)25)24(26,27)28)29-22-18-12-15(6-7-20(18)30-14(2)31-22)23(33)10-8-16(32)9-11-23/h3-7,12-13,16,32-33H,8-11H2,1-2H3,(H,29,30,31)/t13-,16?,23?/m1/s1. The number of aliphatic hydroxyl groups excluding tert-OH is 1. The van der Waals surface area contributed by atoms with Crippen LogP contribution in [-0.2, 0) is 11.8 Å². The molecule has 5 nitrogen and oxygen atoms in total. The maximum Gasteiger partial charge on any atom is 0.419 e. The van der Waals surface area contributed by atoms with Crippen LogP contribution in [0.3, 0.4) is 0 Å². The van der Waals surface area contributed by atoms with Crippen molar-refractivity contribution in [1.29, 1.82) is 0 Å². The molecule has 1 saturated carbocycles. The van der Waals surface area contributed by atoms with E-state index < -0.39 is 35.3 Å². The van der Waals surface area contributed by atoms with Crippen LogP contribution < -0.4 is 5.32 Å². The fraction of sp³-hybridized carbons (Fsp3) is 0.417. The molecule has 0 saturated heterocycles. The van der Waals surface area contributed by atoms with E-state index in [1.54, 1.807) is 32.0 Å². The van der Waals surface area contributed by atoms with Gasteiger partial charge in [0.15, 0.2) is 0 Å². The number of nitrogens with zero attached hydrogens (tertiary/aromatic N) is 2. The summed E-state index contributed by atoms with van der Waals surface area (Å²) in [6, 6.07) is 7.66. The van der Waals surface area contributed by atoms with E-state index in [0.29, 0.717) is 59.9 Å². The van der Waals surface area contributed by atoms with Gasteiger partial charge in [0.1, 0.15) is 17.5 Å². The highest BCUT2D eigenvalue weighted by Crippen LogP contribution is 2.39. The number of aromatic nitrogens is 2. The van der Waals surface area contributed by atoms with Crippen LogP contribution in [0.2, 0.25) is 0 Å². The Balaban J connectivity index is 1.72. The maximum absolute atomic E-state index is 14.7. The quantitative estimate of drug-likeness (QED) is 0.452. The average Bonchev–Trinajstić information content (AvgIpc) is 2.75. The van der Waals surface area contributed by atoms with E-state index in [4.69, 9.17) is 0 Å². The lowest BCUT2D eigenvalue weighted by molar-refractivity contribution is -0.140. The Morgan fingerprint density at radius 3 is 2.48 bits per heavy atom. The second kappa shape index (κ2) is 8.53. The van der Waals surface area contributed by atoms with E-state index in [2.05, 4.69) is 15.3 Å². The molecule has 0 bridgehead atoms. The van der Waals surface area contributed by atoms with Crippen molar-refractivity contribution >= 4 is 16.7 Å². The lowest BCUT2D eigenvalue weighted by Crippen LogP contribution is -2.33. The Labute approximate surface area is 188 Å². The average molecular weight is 463 g/mol. The van der Waals surface area contributed by atoms with Gasteiger partial charge in [-0.3, -0.25) is 0 Å². The summed E-state index contributed by atoms with van der Waals surface area (Å²) < 4.78 is 54.1. The van der Waals surface area contributed by atoms with Gasteiger partial charge in [0.25, 0.3) is 0 Å². The molecule has 9 heteroatoms. The first-order valence-corrected chi connectivity index (χ1v) is 10.8. The van der Waals surface area contributed by atoms with Crippen molar-refractivity contribution < 1.29 is 27.8 Å². The number of nitrogens with one attached hydrogen (secondary N) is 1. The molecule has 176 valence electrons. The van der Waals surface area contributed by atoms with Crippen molar-refractivity contribution in [2.24, 2.45) is 0 Å². The second-order valence-corrected chi connectivity index (χ2v) is 8.69.